The molecule has 2 heterocycles. The third-order valence-electron chi connectivity index (χ3n) is 5.23. The fourth-order valence-corrected chi connectivity index (χ4v) is 3.58. The van der Waals surface area contributed by atoms with E-state index in [1.165, 1.54) is 42.6 Å². The standard InChI is InChI=1S/C21H19FN6O3/c1-28(9-12-6-13(22)3-2-11(12)7-23)21(31)18-17-15(8-24-18)25-10-26-20(17)27-14-4-5-16(29)19(14)30/h2-6,10,14,16,19,29-30H,8-9H2,1H3,(H,25,26,27)/t14-,16+,19-/m0/s1. The molecule has 4 rings (SSSR count). The zero-order valence-corrected chi connectivity index (χ0v) is 16.5. The first-order valence-corrected chi connectivity index (χ1v) is 9.52. The normalized spacial score (nSPS) is 21.4. The van der Waals surface area contributed by atoms with Crippen LogP contribution in [0.25, 0.3) is 0 Å². The fourth-order valence-electron chi connectivity index (χ4n) is 3.58. The number of nitriles is 1. The van der Waals surface area contributed by atoms with Gasteiger partial charge < -0.3 is 20.4 Å². The number of nitrogens with zero attached hydrogens (tertiary/aromatic N) is 5. The molecule has 1 amide bonds. The van der Waals surface area contributed by atoms with E-state index in [4.69, 9.17) is 0 Å². The van der Waals surface area contributed by atoms with E-state index in [0.717, 1.165) is 0 Å². The largest absolute Gasteiger partial charge is 0.388 e. The zero-order valence-electron chi connectivity index (χ0n) is 16.5. The number of aliphatic hydroxyl groups excluding tert-OH is 2. The average Bonchev–Trinajstić information content (AvgIpc) is 3.33. The van der Waals surface area contributed by atoms with E-state index >= 15 is 0 Å². The van der Waals surface area contributed by atoms with E-state index in [0.29, 0.717) is 22.6 Å². The van der Waals surface area contributed by atoms with Gasteiger partial charge in [-0.3, -0.25) is 9.79 Å². The lowest BCUT2D eigenvalue weighted by Gasteiger charge is -2.21. The lowest BCUT2D eigenvalue weighted by molar-refractivity contribution is -0.123. The highest BCUT2D eigenvalue weighted by atomic mass is 19.1. The van der Waals surface area contributed by atoms with Crippen molar-refractivity contribution in [2.75, 3.05) is 12.4 Å². The Hall–Kier alpha value is -3.68. The van der Waals surface area contributed by atoms with Gasteiger partial charge in [-0.15, -0.1) is 0 Å². The summed E-state index contributed by atoms with van der Waals surface area (Å²) in [6, 6.07) is 5.19. The highest BCUT2D eigenvalue weighted by Crippen LogP contribution is 2.27. The van der Waals surface area contributed by atoms with Crippen molar-refractivity contribution in [3.8, 4) is 6.07 Å². The van der Waals surface area contributed by atoms with Gasteiger partial charge in [0.05, 0.1) is 35.5 Å². The van der Waals surface area contributed by atoms with Crippen LogP contribution < -0.4 is 5.32 Å². The van der Waals surface area contributed by atoms with Crippen molar-refractivity contribution in [2.45, 2.75) is 31.3 Å². The van der Waals surface area contributed by atoms with Crippen molar-refractivity contribution in [3.05, 3.63) is 64.9 Å². The summed E-state index contributed by atoms with van der Waals surface area (Å²) in [5.41, 5.74) is 1.76. The van der Waals surface area contributed by atoms with Crippen LogP contribution in [0, 0.1) is 17.1 Å². The number of anilines is 1. The SMILES string of the molecule is CN(Cc1cc(F)ccc1C#N)C(=O)C1=NCc2ncnc(N[C@H]3C=C[C@@H](O)[C@H]3O)c21. The molecule has 1 aliphatic heterocycles. The Labute approximate surface area is 177 Å². The van der Waals surface area contributed by atoms with Gasteiger partial charge in [0, 0.05) is 13.6 Å². The smallest absolute Gasteiger partial charge is 0.272 e. The van der Waals surface area contributed by atoms with Crippen LogP contribution in [-0.2, 0) is 17.9 Å². The third-order valence-corrected chi connectivity index (χ3v) is 5.23. The summed E-state index contributed by atoms with van der Waals surface area (Å²) < 4.78 is 13.6. The van der Waals surface area contributed by atoms with Crippen LogP contribution in [0.2, 0.25) is 0 Å². The first kappa shape index (κ1) is 20.6. The molecule has 0 saturated carbocycles. The van der Waals surface area contributed by atoms with Crippen molar-refractivity contribution in [1.29, 1.82) is 5.26 Å². The molecule has 0 saturated heterocycles. The average molecular weight is 422 g/mol. The molecular formula is C21H19FN6O3. The monoisotopic (exact) mass is 422 g/mol. The maximum absolute atomic E-state index is 13.6. The van der Waals surface area contributed by atoms with Crippen LogP contribution in [0.3, 0.4) is 0 Å². The first-order valence-electron chi connectivity index (χ1n) is 9.52. The molecule has 158 valence electrons. The summed E-state index contributed by atoms with van der Waals surface area (Å²) in [6.45, 7) is 0.205. The second-order valence-corrected chi connectivity index (χ2v) is 7.32. The number of carbonyl (C=O) groups excluding carboxylic acids is 1. The van der Waals surface area contributed by atoms with Gasteiger partial charge >= 0.3 is 0 Å². The highest BCUT2D eigenvalue weighted by Gasteiger charge is 2.33. The Morgan fingerprint density at radius 1 is 1.35 bits per heavy atom. The number of hydrogen-bond acceptors (Lipinski definition) is 8. The van der Waals surface area contributed by atoms with Crippen LogP contribution in [0.5, 0.6) is 0 Å². The Morgan fingerprint density at radius 3 is 2.87 bits per heavy atom. The van der Waals surface area contributed by atoms with Crippen molar-refractivity contribution in [2.24, 2.45) is 4.99 Å². The summed E-state index contributed by atoms with van der Waals surface area (Å²) in [7, 11) is 1.53. The summed E-state index contributed by atoms with van der Waals surface area (Å²) >= 11 is 0. The van der Waals surface area contributed by atoms with Crippen molar-refractivity contribution in [3.63, 3.8) is 0 Å². The Morgan fingerprint density at radius 2 is 2.16 bits per heavy atom. The summed E-state index contributed by atoms with van der Waals surface area (Å²) in [6.07, 6.45) is 2.39. The van der Waals surface area contributed by atoms with Crippen molar-refractivity contribution >= 4 is 17.4 Å². The van der Waals surface area contributed by atoms with E-state index in [1.807, 2.05) is 6.07 Å². The number of aliphatic hydroxyl groups is 2. The highest BCUT2D eigenvalue weighted by molar-refractivity contribution is 6.47. The molecule has 0 fully saturated rings. The molecule has 2 aromatic rings. The number of nitrogens with one attached hydrogen (secondary N) is 1. The van der Waals surface area contributed by atoms with Gasteiger partial charge in [-0.25, -0.2) is 14.4 Å². The van der Waals surface area contributed by atoms with Crippen LogP contribution >= 0.6 is 0 Å². The van der Waals surface area contributed by atoms with Crippen LogP contribution in [-0.4, -0.2) is 62.0 Å². The number of aromatic nitrogens is 2. The lowest BCUT2D eigenvalue weighted by atomic mass is 10.1. The third kappa shape index (κ3) is 3.88. The Bertz CT molecular complexity index is 1140. The predicted molar refractivity (Wildman–Crippen MR) is 108 cm³/mol. The molecule has 0 spiro atoms. The van der Waals surface area contributed by atoms with Gasteiger partial charge in [0.15, 0.2) is 0 Å². The molecule has 2 aliphatic rings. The molecule has 0 unspecified atom stereocenters. The predicted octanol–water partition coefficient (Wildman–Crippen LogP) is 0.521. The van der Waals surface area contributed by atoms with Crippen LogP contribution in [0.4, 0.5) is 10.2 Å². The lowest BCUT2D eigenvalue weighted by Crippen LogP contribution is -2.37. The molecule has 1 aromatic heterocycles. The number of aliphatic imine (C=N–C) groups is 1. The first-order chi connectivity index (χ1) is 14.9. The van der Waals surface area contributed by atoms with Gasteiger partial charge in [-0.1, -0.05) is 12.2 Å². The summed E-state index contributed by atoms with van der Waals surface area (Å²) in [5, 5.41) is 32.1. The fraction of sp³-hybridized carbons (Fsp3) is 0.286. The van der Waals surface area contributed by atoms with E-state index in [1.54, 1.807) is 6.08 Å². The molecule has 3 N–H and O–H groups in total. The molecule has 1 aromatic carbocycles. The molecular weight excluding hydrogens is 403 g/mol. The Balaban J connectivity index is 1.58. The number of halogens is 1. The van der Waals surface area contributed by atoms with Crippen LogP contribution in [0.15, 0.2) is 41.7 Å². The topological polar surface area (TPSA) is 135 Å². The summed E-state index contributed by atoms with van der Waals surface area (Å²) in [4.78, 5) is 27.2. The molecule has 0 radical (unpaired) electrons. The molecule has 31 heavy (non-hydrogen) atoms. The summed E-state index contributed by atoms with van der Waals surface area (Å²) in [5.74, 6) is -0.620. The minimum Gasteiger partial charge on any atom is -0.388 e. The van der Waals surface area contributed by atoms with Gasteiger partial charge in [0.25, 0.3) is 5.91 Å². The number of carbonyl (C=O) groups is 1. The minimum atomic E-state index is -1.05. The number of likely N-dealkylation sites (N-methyl/N-ethyl adjacent to an activating group) is 1. The van der Waals surface area contributed by atoms with Crippen molar-refractivity contribution < 1.29 is 19.4 Å². The van der Waals surface area contributed by atoms with E-state index in [9.17, 15) is 24.7 Å². The molecule has 10 heteroatoms. The second kappa shape index (κ2) is 8.22. The quantitative estimate of drug-likeness (QED) is 0.598. The zero-order chi connectivity index (χ0) is 22.1. The molecule has 3 atom stereocenters. The van der Waals surface area contributed by atoms with Gasteiger partial charge in [0.2, 0.25) is 0 Å². The number of rotatable bonds is 5. The van der Waals surface area contributed by atoms with Gasteiger partial charge in [0.1, 0.15) is 35.9 Å². The second-order valence-electron chi connectivity index (χ2n) is 7.32. The molecule has 0 bridgehead atoms. The molecule has 1 aliphatic carbocycles. The number of amides is 1. The Kier molecular flexibility index (Phi) is 5.46. The van der Waals surface area contributed by atoms with Crippen molar-refractivity contribution in [1.82, 2.24) is 14.9 Å². The maximum atomic E-state index is 13.6. The van der Waals surface area contributed by atoms with E-state index in [-0.39, 0.29) is 24.4 Å². The van der Waals surface area contributed by atoms with E-state index < -0.39 is 30.0 Å². The number of fused-ring (bicyclic) bond motifs is 1. The molecule has 9 nitrogen and oxygen atoms in total. The minimum absolute atomic E-state index is 0.0144. The van der Waals surface area contributed by atoms with Gasteiger partial charge in [-0.2, -0.15) is 5.26 Å². The number of hydrogen-bond donors (Lipinski definition) is 3. The van der Waals surface area contributed by atoms with Gasteiger partial charge in [-0.05, 0) is 23.8 Å². The maximum Gasteiger partial charge on any atom is 0.272 e. The van der Waals surface area contributed by atoms with E-state index in [2.05, 4.69) is 20.3 Å². The number of benzene rings is 1. The van der Waals surface area contributed by atoms with Crippen LogP contribution in [0.1, 0.15) is 22.4 Å².